The van der Waals surface area contributed by atoms with Crippen LogP contribution in [0.3, 0.4) is 0 Å². The van der Waals surface area contributed by atoms with Crippen LogP contribution in [0.1, 0.15) is 5.69 Å². The number of benzene rings is 1. The van der Waals surface area contributed by atoms with Gasteiger partial charge in [0.1, 0.15) is 24.3 Å². The summed E-state index contributed by atoms with van der Waals surface area (Å²) < 4.78 is 15.7. The van der Waals surface area contributed by atoms with Crippen molar-refractivity contribution < 1.29 is 4.39 Å². The lowest BCUT2D eigenvalue weighted by molar-refractivity contribution is 0.639. The van der Waals surface area contributed by atoms with Crippen LogP contribution >= 0.6 is 0 Å². The molecule has 5 nitrogen and oxygen atoms in total. The molecule has 1 aromatic carbocycles. The highest BCUT2D eigenvalue weighted by atomic mass is 19.1. The molecule has 112 valence electrons. The minimum Gasteiger partial charge on any atom is -0.272 e. The molecule has 0 N–H and O–H groups in total. The highest BCUT2D eigenvalue weighted by Crippen LogP contribution is 2.30. The zero-order chi connectivity index (χ0) is 15.8. The summed E-state index contributed by atoms with van der Waals surface area (Å²) >= 11 is 0. The number of halogens is 1. The summed E-state index contributed by atoms with van der Waals surface area (Å²) in [6.45, 7) is 1.92. The topological polar surface area (TPSA) is 56.5 Å². The van der Waals surface area contributed by atoms with Gasteiger partial charge in [-0.2, -0.15) is 0 Å². The smallest absolute Gasteiger partial charge is 0.139 e. The molecule has 0 spiro atoms. The van der Waals surface area contributed by atoms with Gasteiger partial charge < -0.3 is 0 Å². The zero-order valence-electron chi connectivity index (χ0n) is 12.3. The van der Waals surface area contributed by atoms with E-state index in [1.807, 2.05) is 19.1 Å². The molecule has 0 saturated heterocycles. The van der Waals surface area contributed by atoms with Crippen LogP contribution in [0.2, 0.25) is 0 Å². The number of nitrogens with zero attached hydrogens (tertiary/aromatic N) is 5. The monoisotopic (exact) mass is 305 g/mol. The lowest BCUT2D eigenvalue weighted by Crippen LogP contribution is -1.98. The van der Waals surface area contributed by atoms with E-state index in [9.17, 15) is 4.39 Å². The number of aryl methyl sites for hydroxylation is 1. The van der Waals surface area contributed by atoms with Gasteiger partial charge in [-0.15, -0.1) is 10.2 Å². The molecule has 0 atom stereocenters. The summed E-state index contributed by atoms with van der Waals surface area (Å²) in [6, 6.07) is 10.5. The first kappa shape index (κ1) is 13.5. The summed E-state index contributed by atoms with van der Waals surface area (Å²) in [5.41, 5.74) is 3.25. The average Bonchev–Trinajstić information content (AvgIpc) is 3.11. The van der Waals surface area contributed by atoms with E-state index in [0.717, 1.165) is 22.6 Å². The van der Waals surface area contributed by atoms with Crippen molar-refractivity contribution in [2.45, 2.75) is 6.92 Å². The van der Waals surface area contributed by atoms with Crippen molar-refractivity contribution in [3.05, 3.63) is 66.8 Å². The summed E-state index contributed by atoms with van der Waals surface area (Å²) in [7, 11) is 0. The summed E-state index contributed by atoms with van der Waals surface area (Å²) in [4.78, 5) is 8.92. The van der Waals surface area contributed by atoms with Crippen molar-refractivity contribution in [1.82, 2.24) is 24.7 Å². The van der Waals surface area contributed by atoms with E-state index in [2.05, 4.69) is 20.2 Å². The van der Waals surface area contributed by atoms with Crippen molar-refractivity contribution in [2.24, 2.45) is 0 Å². The van der Waals surface area contributed by atoms with Crippen LogP contribution < -0.4 is 0 Å². The summed E-state index contributed by atoms with van der Waals surface area (Å²) in [5, 5.41) is 8.07. The van der Waals surface area contributed by atoms with Gasteiger partial charge in [-0.25, -0.2) is 9.37 Å². The average molecular weight is 305 g/mol. The second-order valence-electron chi connectivity index (χ2n) is 5.17. The Bertz CT molecular complexity index is 995. The van der Waals surface area contributed by atoms with Gasteiger partial charge in [-0.3, -0.25) is 9.55 Å². The molecule has 4 rings (SSSR count). The lowest BCUT2D eigenvalue weighted by atomic mass is 10.0. The van der Waals surface area contributed by atoms with Crippen LogP contribution in [-0.2, 0) is 0 Å². The fraction of sp³-hybridized carbons (Fsp3) is 0.0588. The molecule has 0 amide bonds. The van der Waals surface area contributed by atoms with Crippen LogP contribution in [0.25, 0.3) is 27.8 Å². The van der Waals surface area contributed by atoms with Gasteiger partial charge in [0.05, 0.1) is 5.52 Å². The fourth-order valence-corrected chi connectivity index (χ4v) is 2.65. The number of pyridine rings is 2. The highest BCUT2D eigenvalue weighted by molar-refractivity contribution is 5.94. The Balaban J connectivity index is 1.90. The summed E-state index contributed by atoms with van der Waals surface area (Å²) in [5.74, 6) is 0.458. The van der Waals surface area contributed by atoms with Crippen molar-refractivity contribution in [3.8, 4) is 16.9 Å². The van der Waals surface area contributed by atoms with E-state index in [-0.39, 0.29) is 5.82 Å². The van der Waals surface area contributed by atoms with Gasteiger partial charge >= 0.3 is 0 Å². The normalized spacial score (nSPS) is 11.0. The Morgan fingerprint density at radius 2 is 1.74 bits per heavy atom. The molecule has 0 fully saturated rings. The Labute approximate surface area is 131 Å². The molecule has 6 heteroatoms. The third-order valence-corrected chi connectivity index (χ3v) is 3.76. The number of rotatable bonds is 2. The second-order valence-corrected chi connectivity index (χ2v) is 5.17. The predicted octanol–water partition coefficient (Wildman–Crippen LogP) is 3.33. The third-order valence-electron chi connectivity index (χ3n) is 3.76. The molecule has 0 bridgehead atoms. The van der Waals surface area contributed by atoms with Crippen LogP contribution in [0.5, 0.6) is 0 Å². The van der Waals surface area contributed by atoms with E-state index in [0.29, 0.717) is 10.9 Å². The van der Waals surface area contributed by atoms with Crippen molar-refractivity contribution >= 4 is 10.9 Å². The maximum absolute atomic E-state index is 14.0. The van der Waals surface area contributed by atoms with Crippen LogP contribution in [0, 0.1) is 12.7 Å². The molecular formula is C17H12FN5. The number of hydrogen-bond acceptors (Lipinski definition) is 4. The maximum atomic E-state index is 14.0. The molecule has 4 aromatic rings. The molecule has 0 unspecified atom stereocenters. The highest BCUT2D eigenvalue weighted by Gasteiger charge is 2.12. The first-order valence-corrected chi connectivity index (χ1v) is 7.10. The minimum atomic E-state index is -0.274. The van der Waals surface area contributed by atoms with E-state index >= 15 is 0 Å². The molecule has 3 aromatic heterocycles. The fourth-order valence-electron chi connectivity index (χ4n) is 2.65. The third kappa shape index (κ3) is 2.24. The Morgan fingerprint density at radius 3 is 2.52 bits per heavy atom. The van der Waals surface area contributed by atoms with Crippen LogP contribution in [0.15, 0.2) is 55.2 Å². The molecule has 23 heavy (non-hydrogen) atoms. The minimum absolute atomic E-state index is 0.274. The quantitative estimate of drug-likeness (QED) is 0.570. The second kappa shape index (κ2) is 5.24. The Hall–Kier alpha value is -3.15. The molecule has 0 aliphatic heterocycles. The molecule has 3 heterocycles. The SMILES string of the molecule is Cc1nc(-n2cnnc2)ccc1-c1ccc(F)c2cccnc12. The first-order valence-electron chi connectivity index (χ1n) is 7.10. The molecule has 0 aliphatic carbocycles. The zero-order valence-corrected chi connectivity index (χ0v) is 12.3. The van der Waals surface area contributed by atoms with E-state index in [4.69, 9.17) is 0 Å². The molecular weight excluding hydrogens is 293 g/mol. The van der Waals surface area contributed by atoms with Gasteiger partial charge in [0.15, 0.2) is 0 Å². The van der Waals surface area contributed by atoms with Crippen LogP contribution in [0.4, 0.5) is 4.39 Å². The number of hydrogen-bond donors (Lipinski definition) is 0. The largest absolute Gasteiger partial charge is 0.272 e. The van der Waals surface area contributed by atoms with Gasteiger partial charge in [0.2, 0.25) is 0 Å². The molecule has 0 radical (unpaired) electrons. The van der Waals surface area contributed by atoms with Gasteiger partial charge in [-0.1, -0.05) is 0 Å². The van der Waals surface area contributed by atoms with E-state index in [1.54, 1.807) is 41.6 Å². The van der Waals surface area contributed by atoms with E-state index in [1.165, 1.54) is 6.07 Å². The van der Waals surface area contributed by atoms with Gasteiger partial charge in [-0.05, 0) is 43.3 Å². The number of aromatic nitrogens is 5. The maximum Gasteiger partial charge on any atom is 0.139 e. The van der Waals surface area contributed by atoms with Crippen molar-refractivity contribution in [3.63, 3.8) is 0 Å². The Morgan fingerprint density at radius 1 is 0.957 bits per heavy atom. The molecule has 0 saturated carbocycles. The standard InChI is InChI=1S/C17H12FN5/c1-11-12(5-7-16(22-11)23-9-20-21-10-23)13-4-6-15(18)14-3-2-8-19-17(13)14/h2-10H,1H3. The summed E-state index contributed by atoms with van der Waals surface area (Å²) in [6.07, 6.45) is 4.85. The van der Waals surface area contributed by atoms with Gasteiger partial charge in [0, 0.05) is 28.4 Å². The first-order chi connectivity index (χ1) is 11.2. The number of fused-ring (bicyclic) bond motifs is 1. The molecule has 0 aliphatic rings. The van der Waals surface area contributed by atoms with Gasteiger partial charge in [0.25, 0.3) is 0 Å². The predicted molar refractivity (Wildman–Crippen MR) is 84.6 cm³/mol. The van der Waals surface area contributed by atoms with Crippen molar-refractivity contribution in [2.75, 3.05) is 0 Å². The van der Waals surface area contributed by atoms with Crippen LogP contribution in [-0.4, -0.2) is 24.7 Å². The Kier molecular flexibility index (Phi) is 3.08. The van der Waals surface area contributed by atoms with E-state index < -0.39 is 0 Å². The van der Waals surface area contributed by atoms with Crippen molar-refractivity contribution in [1.29, 1.82) is 0 Å². The lowest BCUT2D eigenvalue weighted by Gasteiger charge is -2.10.